The maximum Gasteiger partial charge on any atom is 0 e. The van der Waals surface area contributed by atoms with Gasteiger partial charge in [-0.05, 0) is 0 Å². The molecule has 0 fully saturated rings. The zero-order valence-corrected chi connectivity index (χ0v) is 2.65. The van der Waals surface area contributed by atoms with Crippen LogP contribution in [-0.2, 0) is 0 Å². The minimum atomic E-state index is 0. The molecule has 19 valence electrons. The standard InChI is InChI=1S/CH4BN.B/c1-2-3;/h3H,1H3;. The van der Waals surface area contributed by atoms with Crippen molar-refractivity contribution in [1.82, 2.24) is 0 Å². The van der Waals surface area contributed by atoms with E-state index < -0.39 is 0 Å². The largest absolute Gasteiger partial charge is 0 e. The molecule has 0 unspecified atom stereocenters. The summed E-state index contributed by atoms with van der Waals surface area (Å²) in [5.41, 5.74) is 0. The molecule has 0 spiro atoms. The summed E-state index contributed by atoms with van der Waals surface area (Å²) in [5.74, 6) is 0. The van der Waals surface area contributed by atoms with E-state index in [-0.39, 0.29) is 8.41 Å². The summed E-state index contributed by atoms with van der Waals surface area (Å²) in [7, 11) is 1.25. The Morgan fingerprint density at radius 2 is 1.75 bits per heavy atom. The summed E-state index contributed by atoms with van der Waals surface area (Å²) in [6.07, 6.45) is 0. The van der Waals surface area contributed by atoms with E-state index in [0.717, 1.165) is 0 Å². The minimum absolute atomic E-state index is 0. The van der Waals surface area contributed by atoms with Gasteiger partial charge in [-0.3, -0.25) is 0 Å². The predicted octanol–water partition coefficient (Wildman–Crippen LogP) is 0.120. The van der Waals surface area contributed by atoms with Crippen LogP contribution >= 0.6 is 0 Å². The fourth-order valence-corrected chi connectivity index (χ4v) is 0. The second kappa shape index (κ2) is 12.6. The Morgan fingerprint density at radius 3 is 1.75 bits per heavy atom. The van der Waals surface area contributed by atoms with Gasteiger partial charge in [-0.2, -0.15) is 0 Å². The SMILES string of the molecule is CB=N.[B]. The maximum absolute atomic E-state index is 6.08. The molecule has 0 aromatic rings. The van der Waals surface area contributed by atoms with E-state index in [0.29, 0.717) is 0 Å². The second-order valence-corrected chi connectivity index (χ2v) is 0.289. The molecule has 0 heterocycles. The van der Waals surface area contributed by atoms with Gasteiger partial charge in [0, 0.05) is 8.41 Å². The molecule has 0 aromatic carbocycles. The Labute approximate surface area is 28.7 Å². The van der Waals surface area contributed by atoms with E-state index in [1.54, 1.807) is 6.82 Å². The summed E-state index contributed by atoms with van der Waals surface area (Å²) in [4.78, 5) is 0. The van der Waals surface area contributed by atoms with Crippen molar-refractivity contribution in [3.05, 3.63) is 0 Å². The third-order valence-corrected chi connectivity index (χ3v) is 0. The van der Waals surface area contributed by atoms with Crippen molar-refractivity contribution < 1.29 is 0 Å². The Bertz CT molecular complexity index is 13.5. The van der Waals surface area contributed by atoms with Gasteiger partial charge in [0.25, 0.3) is 0 Å². The number of rotatable bonds is 0. The average molecular weight is 51.7 g/mol. The maximum atomic E-state index is 6.08. The van der Waals surface area contributed by atoms with E-state index in [4.69, 9.17) is 5.31 Å². The van der Waals surface area contributed by atoms with Crippen molar-refractivity contribution >= 4 is 15.5 Å². The van der Waals surface area contributed by atoms with Gasteiger partial charge in [0.15, 0.2) is 0 Å². The van der Waals surface area contributed by atoms with E-state index >= 15 is 0 Å². The molecule has 3 radical (unpaired) electrons. The molecule has 0 atom stereocenters. The van der Waals surface area contributed by atoms with E-state index in [2.05, 4.69) is 0 Å². The first-order valence-corrected chi connectivity index (χ1v) is 0.866. The molecule has 0 saturated carbocycles. The van der Waals surface area contributed by atoms with Crippen LogP contribution in [0, 0.1) is 5.31 Å². The van der Waals surface area contributed by atoms with Crippen LogP contribution in [0.25, 0.3) is 0 Å². The first kappa shape index (κ1) is 9.06. The summed E-state index contributed by atoms with van der Waals surface area (Å²) in [6.45, 7) is 1.67. The first-order chi connectivity index (χ1) is 1.41. The van der Waals surface area contributed by atoms with Crippen molar-refractivity contribution in [2.24, 2.45) is 0 Å². The number of nitrogens with one attached hydrogen (secondary N) is 1. The third-order valence-electron chi connectivity index (χ3n) is 0. The van der Waals surface area contributed by atoms with Crippen molar-refractivity contribution in [2.45, 2.75) is 6.82 Å². The van der Waals surface area contributed by atoms with Gasteiger partial charge in [-0.1, -0.05) is 0 Å². The van der Waals surface area contributed by atoms with Gasteiger partial charge >= 0.3 is 19.2 Å². The van der Waals surface area contributed by atoms with Crippen LogP contribution in [-0.4, -0.2) is 15.5 Å². The topological polar surface area (TPSA) is 23.9 Å². The van der Waals surface area contributed by atoms with Crippen LogP contribution in [0.5, 0.6) is 0 Å². The van der Waals surface area contributed by atoms with E-state index in [1.165, 1.54) is 7.07 Å². The van der Waals surface area contributed by atoms with Crippen LogP contribution in [0.15, 0.2) is 0 Å². The van der Waals surface area contributed by atoms with Crippen molar-refractivity contribution in [2.75, 3.05) is 0 Å². The average Bonchev–Trinajstić information content (AvgIpc) is 0.918. The van der Waals surface area contributed by atoms with Crippen LogP contribution in [0.1, 0.15) is 0 Å². The third kappa shape index (κ3) is 339. The number of hydrogen-bond acceptors (Lipinski definition) is 1. The van der Waals surface area contributed by atoms with Crippen LogP contribution in [0.2, 0.25) is 6.82 Å². The molecule has 0 aliphatic heterocycles. The Balaban J connectivity index is 0. The minimum Gasteiger partial charge on any atom is 0 e. The van der Waals surface area contributed by atoms with Gasteiger partial charge in [0.2, 0.25) is 0 Å². The molecule has 0 bridgehead atoms. The Hall–Kier alpha value is -0.0701. The normalized spacial score (nSPS) is 2.25. The summed E-state index contributed by atoms with van der Waals surface area (Å²) in [5, 5.41) is 6.08. The second-order valence-electron chi connectivity index (χ2n) is 0.289. The van der Waals surface area contributed by atoms with Gasteiger partial charge in [0.05, 0.1) is 0 Å². The summed E-state index contributed by atoms with van der Waals surface area (Å²) >= 11 is 0. The van der Waals surface area contributed by atoms with Gasteiger partial charge in [-0.25, -0.2) is 0 Å². The predicted molar refractivity (Wildman–Crippen MR) is 20.1 cm³/mol. The van der Waals surface area contributed by atoms with Gasteiger partial charge in [-0.15, -0.1) is 0 Å². The summed E-state index contributed by atoms with van der Waals surface area (Å²) < 4.78 is 0. The zero-order valence-electron chi connectivity index (χ0n) is 2.65. The molecule has 1 N–H and O–H groups in total. The smallest absolute Gasteiger partial charge is 0 e. The van der Waals surface area contributed by atoms with Crippen molar-refractivity contribution in [1.29, 1.82) is 5.31 Å². The summed E-state index contributed by atoms with van der Waals surface area (Å²) in [6, 6.07) is 0. The molecule has 4 heavy (non-hydrogen) atoms. The van der Waals surface area contributed by atoms with Gasteiger partial charge in [0.1, 0.15) is 0 Å². The van der Waals surface area contributed by atoms with Crippen LogP contribution in [0.4, 0.5) is 0 Å². The Kier molecular flexibility index (Phi) is 28.6. The first-order valence-electron chi connectivity index (χ1n) is 0.866. The number of hydrogen-bond donors (Lipinski definition) is 1. The molecular formula is CH4B2N. The molecule has 0 aliphatic rings. The molecular weight excluding hydrogens is 47.6 g/mol. The molecule has 0 aliphatic carbocycles. The molecule has 0 aromatic heterocycles. The zero-order chi connectivity index (χ0) is 2.71. The van der Waals surface area contributed by atoms with Gasteiger partial charge < -0.3 is 0 Å². The quantitative estimate of drug-likeness (QED) is 0.378. The molecule has 0 amide bonds. The van der Waals surface area contributed by atoms with Crippen molar-refractivity contribution in [3.8, 4) is 0 Å². The molecule has 0 saturated heterocycles. The van der Waals surface area contributed by atoms with Crippen LogP contribution < -0.4 is 0 Å². The Morgan fingerprint density at radius 1 is 1.75 bits per heavy atom. The van der Waals surface area contributed by atoms with E-state index in [1.807, 2.05) is 0 Å². The molecule has 1 nitrogen and oxygen atoms in total. The molecule has 0 rings (SSSR count). The van der Waals surface area contributed by atoms with E-state index in [9.17, 15) is 0 Å². The van der Waals surface area contributed by atoms with Crippen LogP contribution in [0.3, 0.4) is 0 Å². The fourth-order valence-electron chi connectivity index (χ4n) is 0. The fraction of sp³-hybridized carbons (Fsp3) is 1.00. The molecule has 3 heteroatoms. The monoisotopic (exact) mass is 52.1 g/mol. The van der Waals surface area contributed by atoms with Crippen molar-refractivity contribution in [3.63, 3.8) is 0 Å².